The van der Waals surface area contributed by atoms with E-state index < -0.39 is 0 Å². The summed E-state index contributed by atoms with van der Waals surface area (Å²) in [4.78, 5) is 5.07. The van der Waals surface area contributed by atoms with Crippen molar-refractivity contribution in [2.24, 2.45) is 0 Å². The summed E-state index contributed by atoms with van der Waals surface area (Å²) >= 11 is 0. The summed E-state index contributed by atoms with van der Waals surface area (Å²) < 4.78 is 7.07. The normalized spacial score (nSPS) is 11.9. The van der Waals surface area contributed by atoms with Crippen LogP contribution in [-0.4, -0.2) is 18.7 Å². The van der Waals surface area contributed by atoms with Crippen LogP contribution >= 0.6 is 0 Å². The van der Waals surface area contributed by atoms with Crippen molar-refractivity contribution in [3.63, 3.8) is 0 Å². The van der Waals surface area contributed by atoms with Gasteiger partial charge in [0.15, 0.2) is 0 Å². The third-order valence-corrected chi connectivity index (χ3v) is 8.31. The van der Waals surface area contributed by atoms with E-state index in [0.29, 0.717) is 0 Å². The predicted molar refractivity (Wildman–Crippen MR) is 170 cm³/mol. The second kappa shape index (κ2) is 8.44. The molecule has 0 bridgehead atoms. The molecule has 0 radical (unpaired) electrons. The van der Waals surface area contributed by atoms with Crippen molar-refractivity contribution < 1.29 is 0 Å². The quantitative estimate of drug-likeness (QED) is 0.226. The molecule has 0 fully saturated rings. The van der Waals surface area contributed by atoms with Gasteiger partial charge in [0, 0.05) is 39.6 Å². The van der Waals surface area contributed by atoms with E-state index in [2.05, 4.69) is 153 Å². The molecule has 9 aromatic rings. The summed E-state index contributed by atoms with van der Waals surface area (Å²) in [5.41, 5.74) is 9.99. The van der Waals surface area contributed by atoms with Crippen molar-refractivity contribution in [1.82, 2.24) is 18.7 Å². The fraction of sp³-hybridized carbons (Fsp3) is 0. The standard InChI is InChI=1S/C37H24N4/c1-2-12-25(13-3-1)39-24-35(41-32-20-10-6-16-28(32)29-17-7-11-21-33(29)41)36-37(39)34(22-23-38-36)40-30-18-8-4-14-26(30)27-15-5-9-19-31(27)40/h1-24H. The van der Waals surface area contributed by atoms with Gasteiger partial charge in [-0.1, -0.05) is 91.0 Å². The molecule has 4 heteroatoms. The van der Waals surface area contributed by atoms with Crippen LogP contribution in [0.25, 0.3) is 71.7 Å². The molecule has 0 aliphatic rings. The maximum Gasteiger partial charge on any atom is 0.115 e. The summed E-state index contributed by atoms with van der Waals surface area (Å²) in [7, 11) is 0. The highest BCUT2D eigenvalue weighted by Crippen LogP contribution is 2.39. The van der Waals surface area contributed by atoms with Crippen LogP contribution in [-0.2, 0) is 0 Å². The minimum atomic E-state index is 0.958. The van der Waals surface area contributed by atoms with E-state index in [-0.39, 0.29) is 0 Å². The third kappa shape index (κ3) is 3.07. The van der Waals surface area contributed by atoms with Gasteiger partial charge in [-0.05, 0) is 42.5 Å². The first kappa shape index (κ1) is 22.2. The Bertz CT molecular complexity index is 2310. The van der Waals surface area contributed by atoms with E-state index in [4.69, 9.17) is 4.98 Å². The highest BCUT2D eigenvalue weighted by atomic mass is 15.1. The molecule has 0 spiro atoms. The lowest BCUT2D eigenvalue weighted by atomic mass is 10.2. The van der Waals surface area contributed by atoms with E-state index in [1.165, 1.54) is 43.6 Å². The number of hydrogen-bond donors (Lipinski definition) is 0. The van der Waals surface area contributed by atoms with Crippen molar-refractivity contribution in [3.05, 3.63) is 146 Å². The summed E-state index contributed by atoms with van der Waals surface area (Å²) in [6, 6.07) is 47.4. The summed E-state index contributed by atoms with van der Waals surface area (Å²) in [6.45, 7) is 0. The minimum Gasteiger partial charge on any atom is -0.311 e. The Kier molecular flexibility index (Phi) is 4.58. The number of nitrogens with zero attached hydrogens (tertiary/aromatic N) is 4. The topological polar surface area (TPSA) is 27.7 Å². The average molecular weight is 525 g/mol. The summed E-state index contributed by atoms with van der Waals surface area (Å²) in [6.07, 6.45) is 4.21. The van der Waals surface area contributed by atoms with Crippen molar-refractivity contribution >= 4 is 54.6 Å². The van der Waals surface area contributed by atoms with Crippen LogP contribution < -0.4 is 0 Å². The van der Waals surface area contributed by atoms with Gasteiger partial charge in [-0.15, -0.1) is 0 Å². The average Bonchev–Trinajstić information content (AvgIpc) is 3.69. The maximum atomic E-state index is 5.07. The van der Waals surface area contributed by atoms with Crippen LogP contribution in [0, 0.1) is 0 Å². The van der Waals surface area contributed by atoms with Gasteiger partial charge >= 0.3 is 0 Å². The number of aromatic nitrogens is 4. The van der Waals surface area contributed by atoms with Gasteiger partial charge in [-0.25, -0.2) is 0 Å². The fourth-order valence-corrected chi connectivity index (χ4v) is 6.62. The van der Waals surface area contributed by atoms with Crippen LogP contribution in [0.4, 0.5) is 0 Å². The molecule has 0 saturated heterocycles. The molecule has 0 amide bonds. The third-order valence-electron chi connectivity index (χ3n) is 8.31. The Morgan fingerprint density at radius 1 is 0.415 bits per heavy atom. The van der Waals surface area contributed by atoms with Crippen molar-refractivity contribution in [1.29, 1.82) is 0 Å². The van der Waals surface area contributed by atoms with Gasteiger partial charge in [-0.3, -0.25) is 4.98 Å². The van der Waals surface area contributed by atoms with Gasteiger partial charge in [0.2, 0.25) is 0 Å². The molecule has 0 saturated carbocycles. The van der Waals surface area contributed by atoms with E-state index in [0.717, 1.165) is 28.1 Å². The van der Waals surface area contributed by atoms with E-state index in [9.17, 15) is 0 Å². The SMILES string of the molecule is c1ccc(-n2cc(-n3c4ccccc4c4ccccc43)c3nccc(-n4c5ccccc5c5ccccc54)c32)cc1. The summed E-state index contributed by atoms with van der Waals surface area (Å²) in [5.74, 6) is 0. The highest BCUT2D eigenvalue weighted by Gasteiger charge is 2.22. The van der Waals surface area contributed by atoms with Crippen LogP contribution in [0.1, 0.15) is 0 Å². The molecule has 0 aliphatic heterocycles. The molecular weight excluding hydrogens is 500 g/mol. The Morgan fingerprint density at radius 3 is 1.37 bits per heavy atom. The predicted octanol–water partition coefficient (Wildman–Crippen LogP) is 9.22. The molecular formula is C37H24N4. The number of pyridine rings is 1. The van der Waals surface area contributed by atoms with E-state index in [1.54, 1.807) is 0 Å². The first-order valence-corrected chi connectivity index (χ1v) is 13.9. The zero-order chi connectivity index (χ0) is 26.9. The minimum absolute atomic E-state index is 0.958. The number of hydrogen-bond acceptors (Lipinski definition) is 1. The molecule has 0 atom stereocenters. The zero-order valence-corrected chi connectivity index (χ0v) is 22.1. The number of para-hydroxylation sites is 5. The molecule has 4 nitrogen and oxygen atoms in total. The molecule has 0 unspecified atom stereocenters. The monoisotopic (exact) mass is 524 g/mol. The second-order valence-corrected chi connectivity index (χ2v) is 10.5. The molecule has 4 aromatic heterocycles. The fourth-order valence-electron chi connectivity index (χ4n) is 6.62. The van der Waals surface area contributed by atoms with Crippen molar-refractivity contribution in [2.75, 3.05) is 0 Å². The van der Waals surface area contributed by atoms with Crippen LogP contribution in [0.2, 0.25) is 0 Å². The largest absolute Gasteiger partial charge is 0.311 e. The highest BCUT2D eigenvalue weighted by molar-refractivity contribution is 6.12. The lowest BCUT2D eigenvalue weighted by Gasteiger charge is -2.13. The van der Waals surface area contributed by atoms with Crippen LogP contribution in [0.5, 0.6) is 0 Å². The van der Waals surface area contributed by atoms with Crippen molar-refractivity contribution in [3.8, 4) is 17.1 Å². The first-order chi connectivity index (χ1) is 20.4. The molecule has 5 aromatic carbocycles. The number of fused-ring (bicyclic) bond motifs is 7. The molecule has 41 heavy (non-hydrogen) atoms. The Labute approximate surface area is 235 Å². The molecule has 0 aliphatic carbocycles. The second-order valence-electron chi connectivity index (χ2n) is 10.5. The summed E-state index contributed by atoms with van der Waals surface area (Å²) in [5, 5.41) is 4.96. The first-order valence-electron chi connectivity index (χ1n) is 13.9. The van der Waals surface area contributed by atoms with Gasteiger partial charge in [0.1, 0.15) is 5.52 Å². The Balaban J connectivity index is 1.47. The number of benzene rings is 5. The zero-order valence-electron chi connectivity index (χ0n) is 22.1. The van der Waals surface area contributed by atoms with E-state index in [1.807, 2.05) is 6.20 Å². The lowest BCUT2D eigenvalue weighted by Crippen LogP contribution is -2.00. The molecule has 9 rings (SSSR count). The van der Waals surface area contributed by atoms with Gasteiger partial charge < -0.3 is 13.7 Å². The van der Waals surface area contributed by atoms with Gasteiger partial charge in [0.05, 0.1) is 39.0 Å². The molecule has 4 heterocycles. The van der Waals surface area contributed by atoms with Crippen molar-refractivity contribution in [2.45, 2.75) is 0 Å². The van der Waals surface area contributed by atoms with Gasteiger partial charge in [-0.2, -0.15) is 0 Å². The molecule has 192 valence electrons. The van der Waals surface area contributed by atoms with Gasteiger partial charge in [0.25, 0.3) is 0 Å². The Hall–Kier alpha value is -5.61. The lowest BCUT2D eigenvalue weighted by molar-refractivity contribution is 1.08. The smallest absolute Gasteiger partial charge is 0.115 e. The maximum absolute atomic E-state index is 5.07. The Morgan fingerprint density at radius 2 is 0.854 bits per heavy atom. The van der Waals surface area contributed by atoms with Crippen LogP contribution in [0.3, 0.4) is 0 Å². The van der Waals surface area contributed by atoms with Crippen LogP contribution in [0.15, 0.2) is 146 Å². The van der Waals surface area contributed by atoms with E-state index >= 15 is 0 Å². The molecule has 0 N–H and O–H groups in total. The number of rotatable bonds is 3.